The quantitative estimate of drug-likeness (QED) is 0.403. The van der Waals surface area contributed by atoms with E-state index in [1.165, 1.54) is 5.56 Å². The van der Waals surface area contributed by atoms with Crippen LogP contribution in [0.2, 0.25) is 0 Å². The van der Waals surface area contributed by atoms with Crippen LogP contribution in [0.25, 0.3) is 0 Å². The highest BCUT2D eigenvalue weighted by molar-refractivity contribution is 14.0. The summed E-state index contributed by atoms with van der Waals surface area (Å²) in [5, 5.41) is 3.16. The van der Waals surface area contributed by atoms with Crippen LogP contribution in [0.15, 0.2) is 29.3 Å². The van der Waals surface area contributed by atoms with Crippen LogP contribution in [0.1, 0.15) is 40.2 Å². The fourth-order valence-electron chi connectivity index (χ4n) is 2.46. The van der Waals surface area contributed by atoms with Crippen LogP contribution in [0, 0.1) is 0 Å². The summed E-state index contributed by atoms with van der Waals surface area (Å²) in [5.41, 5.74) is 8.25. The first-order valence-electron chi connectivity index (χ1n) is 7.85. The van der Waals surface area contributed by atoms with Crippen LogP contribution in [0.4, 0.5) is 5.69 Å². The summed E-state index contributed by atoms with van der Waals surface area (Å²) in [6, 6.07) is 9.31. The summed E-state index contributed by atoms with van der Waals surface area (Å²) in [5.74, 6) is 0.482. The minimum atomic E-state index is 0. The lowest BCUT2D eigenvalue weighted by Gasteiger charge is -2.29. The number of halogens is 1. The lowest BCUT2D eigenvalue weighted by molar-refractivity contribution is 0.181. The SMILES string of the molecule is CCc1cccc(NC(N)=NCCN(C(C)C)C(C)C)c1.I. The van der Waals surface area contributed by atoms with Crippen LogP contribution in [0.5, 0.6) is 0 Å². The molecule has 1 rings (SSSR count). The van der Waals surface area contributed by atoms with Crippen LogP contribution in [-0.2, 0) is 6.42 Å². The Balaban J connectivity index is 0.00000441. The summed E-state index contributed by atoms with van der Waals surface area (Å²) in [7, 11) is 0. The minimum Gasteiger partial charge on any atom is -0.370 e. The van der Waals surface area contributed by atoms with E-state index in [0.29, 0.717) is 24.6 Å². The van der Waals surface area contributed by atoms with Crippen molar-refractivity contribution >= 4 is 35.6 Å². The molecule has 0 atom stereocenters. The molecule has 1 aromatic rings. The molecular weight excluding hydrogens is 387 g/mol. The van der Waals surface area contributed by atoms with E-state index in [0.717, 1.165) is 18.7 Å². The van der Waals surface area contributed by atoms with Crippen LogP contribution in [-0.4, -0.2) is 36.0 Å². The van der Waals surface area contributed by atoms with E-state index in [1.807, 2.05) is 12.1 Å². The molecule has 126 valence electrons. The van der Waals surface area contributed by atoms with Crippen molar-refractivity contribution in [3.63, 3.8) is 0 Å². The Bertz CT molecular complexity index is 450. The number of hydrogen-bond donors (Lipinski definition) is 2. The second-order valence-electron chi connectivity index (χ2n) is 5.87. The molecule has 0 bridgehead atoms. The summed E-state index contributed by atoms with van der Waals surface area (Å²) in [6.45, 7) is 12.6. The average molecular weight is 418 g/mol. The third kappa shape index (κ3) is 7.45. The van der Waals surface area contributed by atoms with E-state index in [4.69, 9.17) is 5.73 Å². The molecular formula is C17H31IN4. The Morgan fingerprint density at radius 2 is 1.86 bits per heavy atom. The van der Waals surface area contributed by atoms with E-state index in [2.05, 4.69) is 62.0 Å². The number of nitrogens with zero attached hydrogens (tertiary/aromatic N) is 2. The predicted octanol–water partition coefficient (Wildman–Crippen LogP) is 3.71. The van der Waals surface area contributed by atoms with Gasteiger partial charge in [0.25, 0.3) is 0 Å². The first-order valence-corrected chi connectivity index (χ1v) is 7.85. The van der Waals surface area contributed by atoms with Crippen LogP contribution >= 0.6 is 24.0 Å². The normalized spacial score (nSPS) is 11.9. The third-order valence-corrected chi connectivity index (χ3v) is 3.57. The van der Waals surface area contributed by atoms with Crippen molar-refractivity contribution in [2.75, 3.05) is 18.4 Å². The fourth-order valence-corrected chi connectivity index (χ4v) is 2.46. The maximum atomic E-state index is 5.96. The number of hydrogen-bond acceptors (Lipinski definition) is 2. The van der Waals surface area contributed by atoms with Crippen molar-refractivity contribution in [3.05, 3.63) is 29.8 Å². The number of aryl methyl sites for hydroxylation is 1. The van der Waals surface area contributed by atoms with Gasteiger partial charge in [-0.05, 0) is 51.8 Å². The fraction of sp³-hybridized carbons (Fsp3) is 0.588. The minimum absolute atomic E-state index is 0. The van der Waals surface area contributed by atoms with Crippen molar-refractivity contribution in [1.29, 1.82) is 0 Å². The molecule has 0 unspecified atom stereocenters. The topological polar surface area (TPSA) is 53.6 Å². The monoisotopic (exact) mass is 418 g/mol. The number of aliphatic imine (C=N–C) groups is 1. The van der Waals surface area contributed by atoms with E-state index in [9.17, 15) is 0 Å². The molecule has 0 aliphatic carbocycles. The molecule has 1 aromatic carbocycles. The van der Waals surface area contributed by atoms with Crippen molar-refractivity contribution in [1.82, 2.24) is 4.90 Å². The molecule has 0 aromatic heterocycles. The molecule has 0 radical (unpaired) electrons. The second-order valence-corrected chi connectivity index (χ2v) is 5.87. The first kappa shape index (κ1) is 21.2. The Morgan fingerprint density at radius 1 is 1.23 bits per heavy atom. The number of guanidine groups is 1. The van der Waals surface area contributed by atoms with Gasteiger partial charge in [0.05, 0.1) is 6.54 Å². The number of benzene rings is 1. The zero-order chi connectivity index (χ0) is 15.8. The number of anilines is 1. The van der Waals surface area contributed by atoms with E-state index < -0.39 is 0 Å². The van der Waals surface area contributed by atoms with Crippen molar-refractivity contribution in [2.45, 2.75) is 53.1 Å². The summed E-state index contributed by atoms with van der Waals surface area (Å²) >= 11 is 0. The molecule has 0 heterocycles. The van der Waals surface area contributed by atoms with Gasteiger partial charge >= 0.3 is 0 Å². The summed E-state index contributed by atoms with van der Waals surface area (Å²) in [4.78, 5) is 6.83. The van der Waals surface area contributed by atoms with Gasteiger partial charge < -0.3 is 11.1 Å². The molecule has 0 saturated carbocycles. The average Bonchev–Trinajstić information content (AvgIpc) is 2.42. The van der Waals surface area contributed by atoms with Gasteiger partial charge in [0.1, 0.15) is 0 Å². The van der Waals surface area contributed by atoms with Crippen molar-refractivity contribution < 1.29 is 0 Å². The molecule has 0 fully saturated rings. The van der Waals surface area contributed by atoms with Gasteiger partial charge in [0.2, 0.25) is 0 Å². The zero-order valence-electron chi connectivity index (χ0n) is 14.5. The lowest BCUT2D eigenvalue weighted by atomic mass is 10.1. The number of nitrogens with one attached hydrogen (secondary N) is 1. The zero-order valence-corrected chi connectivity index (χ0v) is 16.8. The van der Waals surface area contributed by atoms with E-state index in [-0.39, 0.29) is 24.0 Å². The third-order valence-electron chi connectivity index (χ3n) is 3.57. The molecule has 0 saturated heterocycles. The first-order chi connectivity index (χ1) is 9.93. The Kier molecular flexibility index (Phi) is 10.4. The van der Waals surface area contributed by atoms with Crippen molar-refractivity contribution in [3.8, 4) is 0 Å². The smallest absolute Gasteiger partial charge is 0.193 e. The molecule has 22 heavy (non-hydrogen) atoms. The summed E-state index contributed by atoms with van der Waals surface area (Å²) < 4.78 is 0. The largest absolute Gasteiger partial charge is 0.370 e. The van der Waals surface area contributed by atoms with Crippen LogP contribution in [0.3, 0.4) is 0 Å². The van der Waals surface area contributed by atoms with Gasteiger partial charge in [0.15, 0.2) is 5.96 Å². The molecule has 3 N–H and O–H groups in total. The molecule has 0 amide bonds. The molecule has 4 nitrogen and oxygen atoms in total. The Hall–Kier alpha value is -0.820. The van der Waals surface area contributed by atoms with E-state index >= 15 is 0 Å². The Morgan fingerprint density at radius 3 is 2.41 bits per heavy atom. The van der Waals surface area contributed by atoms with E-state index in [1.54, 1.807) is 0 Å². The highest BCUT2D eigenvalue weighted by Crippen LogP contribution is 2.10. The molecule has 5 heteroatoms. The van der Waals surface area contributed by atoms with Gasteiger partial charge in [0, 0.05) is 24.3 Å². The highest BCUT2D eigenvalue weighted by Gasteiger charge is 2.12. The van der Waals surface area contributed by atoms with Crippen molar-refractivity contribution in [2.24, 2.45) is 10.7 Å². The van der Waals surface area contributed by atoms with Gasteiger partial charge in [-0.15, -0.1) is 24.0 Å². The number of nitrogens with two attached hydrogens (primary N) is 1. The Labute approximate surface area is 152 Å². The van der Waals surface area contributed by atoms with Crippen LogP contribution < -0.4 is 11.1 Å². The molecule has 0 aliphatic rings. The molecule has 0 spiro atoms. The van der Waals surface area contributed by atoms with Gasteiger partial charge in [-0.3, -0.25) is 9.89 Å². The standard InChI is InChI=1S/C17H30N4.HI/c1-6-15-8-7-9-16(12-15)20-17(18)19-10-11-21(13(2)3)14(4)5;/h7-9,12-14H,6,10-11H2,1-5H3,(H3,18,19,20);1H. The van der Waals surface area contributed by atoms with Gasteiger partial charge in [-0.1, -0.05) is 19.1 Å². The second kappa shape index (κ2) is 10.8. The predicted molar refractivity (Wildman–Crippen MR) is 108 cm³/mol. The maximum Gasteiger partial charge on any atom is 0.193 e. The van der Waals surface area contributed by atoms with Gasteiger partial charge in [-0.2, -0.15) is 0 Å². The van der Waals surface area contributed by atoms with Gasteiger partial charge in [-0.25, -0.2) is 0 Å². The number of rotatable bonds is 7. The lowest BCUT2D eigenvalue weighted by Crippen LogP contribution is -2.39. The maximum absolute atomic E-state index is 5.96. The highest BCUT2D eigenvalue weighted by atomic mass is 127. The molecule has 0 aliphatic heterocycles. The summed E-state index contributed by atoms with van der Waals surface area (Å²) in [6.07, 6.45) is 1.02.